The summed E-state index contributed by atoms with van der Waals surface area (Å²) in [6, 6.07) is 12.0. The van der Waals surface area contributed by atoms with E-state index in [1.807, 2.05) is 0 Å². The van der Waals surface area contributed by atoms with E-state index in [1.165, 1.54) is 24.3 Å². The molecule has 0 bridgehead atoms. The van der Waals surface area contributed by atoms with Crippen molar-refractivity contribution >= 4 is 22.9 Å². The second kappa shape index (κ2) is 5.89. The predicted molar refractivity (Wildman–Crippen MR) is 84.1 cm³/mol. The molecule has 0 saturated heterocycles. The Morgan fingerprint density at radius 2 is 1.26 bits per heavy atom. The second-order valence-corrected chi connectivity index (χ2v) is 5.28. The number of rotatable bonds is 4. The van der Waals surface area contributed by atoms with Gasteiger partial charge in [0.25, 0.3) is 11.4 Å². The largest absolute Gasteiger partial charge is 0.269 e. The molecule has 23 heavy (non-hydrogen) atoms. The van der Waals surface area contributed by atoms with Gasteiger partial charge >= 0.3 is 0 Å². The van der Waals surface area contributed by atoms with E-state index in [4.69, 9.17) is 0 Å². The molecule has 0 radical (unpaired) electrons. The highest BCUT2D eigenvalue weighted by molar-refractivity contribution is 7.09. The van der Waals surface area contributed by atoms with Gasteiger partial charge in [-0.15, -0.1) is 0 Å². The summed E-state index contributed by atoms with van der Waals surface area (Å²) in [6.07, 6.45) is 0. The molecule has 0 saturated carbocycles. The van der Waals surface area contributed by atoms with Crippen molar-refractivity contribution in [2.75, 3.05) is 0 Å². The zero-order valence-corrected chi connectivity index (χ0v) is 12.3. The SMILES string of the molecule is O=[N+]([O-])c1ccc(-c2nsc(-c3ccc([N+](=O)[O-])cc3)n2)cc1. The van der Waals surface area contributed by atoms with Gasteiger partial charge in [0.2, 0.25) is 0 Å². The standard InChI is InChI=1S/C14H8N4O4S/c19-17(20)11-5-1-9(2-6-11)13-15-14(23-16-13)10-3-7-12(8-4-10)18(21)22/h1-8H. The summed E-state index contributed by atoms with van der Waals surface area (Å²) >= 11 is 1.16. The fourth-order valence-electron chi connectivity index (χ4n) is 1.92. The Bertz CT molecular complexity index is 803. The van der Waals surface area contributed by atoms with Crippen LogP contribution in [0.5, 0.6) is 0 Å². The molecule has 0 amide bonds. The van der Waals surface area contributed by atoms with Crippen LogP contribution in [0.1, 0.15) is 0 Å². The molecule has 8 nitrogen and oxygen atoms in total. The molecule has 0 atom stereocenters. The second-order valence-electron chi connectivity index (χ2n) is 4.53. The van der Waals surface area contributed by atoms with Gasteiger partial charge in [0.05, 0.1) is 9.85 Å². The summed E-state index contributed by atoms with van der Waals surface area (Å²) < 4.78 is 4.22. The maximum Gasteiger partial charge on any atom is 0.269 e. The quantitative estimate of drug-likeness (QED) is 0.533. The van der Waals surface area contributed by atoms with Gasteiger partial charge in [-0.1, -0.05) is 0 Å². The average molecular weight is 328 g/mol. The minimum atomic E-state index is -0.472. The lowest BCUT2D eigenvalue weighted by Gasteiger charge is -1.96. The lowest BCUT2D eigenvalue weighted by molar-refractivity contribution is -0.385. The zero-order valence-electron chi connectivity index (χ0n) is 11.4. The number of nitrogens with zero attached hydrogens (tertiary/aromatic N) is 4. The third-order valence-corrected chi connectivity index (χ3v) is 3.85. The lowest BCUT2D eigenvalue weighted by Crippen LogP contribution is -1.88. The van der Waals surface area contributed by atoms with Gasteiger partial charge in [0.1, 0.15) is 5.01 Å². The van der Waals surface area contributed by atoms with E-state index in [2.05, 4.69) is 9.36 Å². The Hall–Kier alpha value is -3.20. The topological polar surface area (TPSA) is 112 Å². The molecule has 1 aromatic heterocycles. The van der Waals surface area contributed by atoms with Gasteiger partial charge in [0.15, 0.2) is 5.82 Å². The fraction of sp³-hybridized carbons (Fsp3) is 0. The number of hydrogen-bond donors (Lipinski definition) is 0. The molecule has 3 rings (SSSR count). The Kier molecular flexibility index (Phi) is 3.77. The van der Waals surface area contributed by atoms with E-state index in [9.17, 15) is 20.2 Å². The average Bonchev–Trinajstić information content (AvgIpc) is 3.05. The lowest BCUT2D eigenvalue weighted by atomic mass is 10.2. The van der Waals surface area contributed by atoms with E-state index < -0.39 is 9.85 Å². The van der Waals surface area contributed by atoms with Crippen molar-refractivity contribution < 1.29 is 9.85 Å². The normalized spacial score (nSPS) is 10.4. The molecule has 0 aliphatic heterocycles. The first-order valence-electron chi connectivity index (χ1n) is 6.38. The van der Waals surface area contributed by atoms with Crippen LogP contribution < -0.4 is 0 Å². The van der Waals surface area contributed by atoms with Crippen LogP contribution in [-0.4, -0.2) is 19.2 Å². The number of nitro groups is 2. The van der Waals surface area contributed by atoms with Crippen molar-refractivity contribution in [3.05, 3.63) is 68.8 Å². The highest BCUT2D eigenvalue weighted by atomic mass is 32.1. The van der Waals surface area contributed by atoms with Crippen molar-refractivity contribution in [2.24, 2.45) is 0 Å². The molecule has 0 aliphatic carbocycles. The summed E-state index contributed by atoms with van der Waals surface area (Å²) in [5.74, 6) is 0.457. The molecule has 0 aliphatic rings. The first-order chi connectivity index (χ1) is 11.0. The molecule has 0 N–H and O–H groups in total. The number of non-ortho nitro benzene ring substituents is 2. The van der Waals surface area contributed by atoms with Crippen LogP contribution >= 0.6 is 11.5 Å². The number of nitro benzene ring substituents is 2. The van der Waals surface area contributed by atoms with Crippen LogP contribution in [0.3, 0.4) is 0 Å². The van der Waals surface area contributed by atoms with Crippen LogP contribution in [-0.2, 0) is 0 Å². The Balaban J connectivity index is 1.87. The maximum atomic E-state index is 10.6. The Labute approximate surface area is 133 Å². The van der Waals surface area contributed by atoms with Crippen molar-refractivity contribution in [2.45, 2.75) is 0 Å². The number of aromatic nitrogens is 2. The predicted octanol–water partition coefficient (Wildman–Crippen LogP) is 3.69. The monoisotopic (exact) mass is 328 g/mol. The van der Waals surface area contributed by atoms with Crippen LogP contribution in [0.4, 0.5) is 11.4 Å². The molecule has 1 heterocycles. The van der Waals surface area contributed by atoms with E-state index in [1.54, 1.807) is 24.3 Å². The molecule has 114 valence electrons. The van der Waals surface area contributed by atoms with Crippen LogP contribution in [0.2, 0.25) is 0 Å². The van der Waals surface area contributed by atoms with Gasteiger partial charge in [-0.3, -0.25) is 20.2 Å². The fourth-order valence-corrected chi connectivity index (χ4v) is 2.60. The Morgan fingerprint density at radius 3 is 1.74 bits per heavy atom. The minimum Gasteiger partial charge on any atom is -0.258 e. The van der Waals surface area contributed by atoms with Crippen LogP contribution in [0.25, 0.3) is 22.0 Å². The molecule has 0 fully saturated rings. The molecule has 0 unspecified atom stereocenters. The highest BCUT2D eigenvalue weighted by Gasteiger charge is 2.12. The van der Waals surface area contributed by atoms with Gasteiger partial charge in [-0.2, -0.15) is 4.37 Å². The third kappa shape index (κ3) is 3.04. The third-order valence-electron chi connectivity index (χ3n) is 3.09. The zero-order chi connectivity index (χ0) is 16.4. The summed E-state index contributed by atoms with van der Waals surface area (Å²) in [7, 11) is 0. The van der Waals surface area contributed by atoms with Gasteiger partial charge in [-0.05, 0) is 35.8 Å². The summed E-state index contributed by atoms with van der Waals surface area (Å²) in [4.78, 5) is 24.7. The Morgan fingerprint density at radius 1 is 0.783 bits per heavy atom. The van der Waals surface area contributed by atoms with Crippen LogP contribution in [0, 0.1) is 20.2 Å². The summed E-state index contributed by atoms with van der Waals surface area (Å²) in [5, 5.41) is 21.9. The maximum absolute atomic E-state index is 10.6. The smallest absolute Gasteiger partial charge is 0.258 e. The highest BCUT2D eigenvalue weighted by Crippen LogP contribution is 2.28. The molecular weight excluding hydrogens is 320 g/mol. The minimum absolute atomic E-state index is 0.000396. The van der Waals surface area contributed by atoms with Gasteiger partial charge < -0.3 is 0 Å². The molecule has 2 aromatic carbocycles. The molecule has 9 heteroatoms. The number of hydrogen-bond acceptors (Lipinski definition) is 7. The van der Waals surface area contributed by atoms with Gasteiger partial charge in [-0.25, -0.2) is 4.98 Å². The van der Waals surface area contributed by atoms with E-state index in [-0.39, 0.29) is 11.4 Å². The van der Waals surface area contributed by atoms with Crippen molar-refractivity contribution in [3.8, 4) is 22.0 Å². The first-order valence-corrected chi connectivity index (χ1v) is 7.15. The molecule has 0 spiro atoms. The van der Waals surface area contributed by atoms with Crippen molar-refractivity contribution in [1.29, 1.82) is 0 Å². The van der Waals surface area contributed by atoms with Gasteiger partial charge in [0, 0.05) is 35.4 Å². The van der Waals surface area contributed by atoms with E-state index in [0.717, 1.165) is 17.1 Å². The molecule has 3 aromatic rings. The van der Waals surface area contributed by atoms with Crippen molar-refractivity contribution in [1.82, 2.24) is 9.36 Å². The van der Waals surface area contributed by atoms with E-state index in [0.29, 0.717) is 16.4 Å². The first kappa shape index (κ1) is 14.7. The summed E-state index contributed by atoms with van der Waals surface area (Å²) in [5.41, 5.74) is 1.40. The van der Waals surface area contributed by atoms with E-state index >= 15 is 0 Å². The molecular formula is C14H8N4O4S. The summed E-state index contributed by atoms with van der Waals surface area (Å²) in [6.45, 7) is 0. The van der Waals surface area contributed by atoms with Crippen molar-refractivity contribution in [3.63, 3.8) is 0 Å². The van der Waals surface area contributed by atoms with Crippen LogP contribution in [0.15, 0.2) is 48.5 Å². The number of benzene rings is 2.